The predicted molar refractivity (Wildman–Crippen MR) is 97.8 cm³/mol. The second kappa shape index (κ2) is 6.23. The molecule has 1 aliphatic carbocycles. The highest BCUT2D eigenvalue weighted by molar-refractivity contribution is 6.77. The van der Waals surface area contributed by atoms with Crippen LogP contribution in [0.25, 0.3) is 0 Å². The van der Waals surface area contributed by atoms with E-state index in [2.05, 4.69) is 57.3 Å². The van der Waals surface area contributed by atoms with Crippen molar-refractivity contribution in [2.45, 2.75) is 64.0 Å². The van der Waals surface area contributed by atoms with Crippen LogP contribution in [0.2, 0.25) is 19.1 Å². The summed E-state index contributed by atoms with van der Waals surface area (Å²) in [7, 11) is -2.10. The van der Waals surface area contributed by atoms with Crippen molar-refractivity contribution in [3.05, 3.63) is 30.3 Å². The molecule has 1 saturated heterocycles. The molecule has 0 spiro atoms. The van der Waals surface area contributed by atoms with Gasteiger partial charge in [-0.3, -0.25) is 0 Å². The molecular formula is C18H30O2Si2. The molecule has 2 aliphatic rings. The molecule has 1 aromatic carbocycles. The average Bonchev–Trinajstić information content (AvgIpc) is 3.16. The molecule has 0 amide bonds. The lowest BCUT2D eigenvalue weighted by atomic mass is 9.77. The Hall–Kier alpha value is -0.426. The van der Waals surface area contributed by atoms with Gasteiger partial charge in [0.15, 0.2) is 18.1 Å². The molecule has 0 aromatic heterocycles. The first-order valence-corrected chi connectivity index (χ1v) is 13.1. The minimum atomic E-state index is -1.54. The summed E-state index contributed by atoms with van der Waals surface area (Å²) in [5.41, 5.74) is 0.250. The summed E-state index contributed by atoms with van der Waals surface area (Å²) in [4.78, 5) is 0. The number of hydrogen-bond acceptors (Lipinski definition) is 2. The SMILES string of the molecule is CC(C[Si](C)(C)O[SiH2]c1ccccc1)C1CCC2(C)OC2C1. The monoisotopic (exact) mass is 334 g/mol. The molecule has 2 fully saturated rings. The fourth-order valence-corrected chi connectivity index (χ4v) is 9.09. The van der Waals surface area contributed by atoms with Crippen LogP contribution in [-0.4, -0.2) is 29.8 Å². The Balaban J connectivity index is 1.48. The topological polar surface area (TPSA) is 21.8 Å². The molecule has 1 heterocycles. The molecule has 3 rings (SSSR count). The Kier molecular flexibility index (Phi) is 4.65. The average molecular weight is 335 g/mol. The molecule has 4 unspecified atom stereocenters. The van der Waals surface area contributed by atoms with Crippen molar-refractivity contribution in [2.75, 3.05) is 0 Å². The molecule has 22 heavy (non-hydrogen) atoms. The lowest BCUT2D eigenvalue weighted by molar-refractivity contribution is 0.271. The maximum absolute atomic E-state index is 6.48. The second-order valence-corrected chi connectivity index (χ2v) is 14.4. The van der Waals surface area contributed by atoms with Crippen molar-refractivity contribution in [1.82, 2.24) is 0 Å². The molecular weight excluding hydrogens is 304 g/mol. The van der Waals surface area contributed by atoms with E-state index in [1.165, 1.54) is 30.5 Å². The van der Waals surface area contributed by atoms with E-state index in [1.807, 2.05) is 0 Å². The van der Waals surface area contributed by atoms with Crippen molar-refractivity contribution in [3.8, 4) is 0 Å². The van der Waals surface area contributed by atoms with Gasteiger partial charge in [0, 0.05) is 0 Å². The Bertz CT molecular complexity index is 505. The van der Waals surface area contributed by atoms with Gasteiger partial charge in [-0.2, -0.15) is 0 Å². The molecule has 1 saturated carbocycles. The maximum atomic E-state index is 6.48. The largest absolute Gasteiger partial charge is 0.457 e. The molecule has 122 valence electrons. The molecule has 1 aliphatic heterocycles. The Morgan fingerprint density at radius 3 is 2.77 bits per heavy atom. The molecule has 0 N–H and O–H groups in total. The quantitative estimate of drug-likeness (QED) is 0.588. The van der Waals surface area contributed by atoms with E-state index in [9.17, 15) is 0 Å². The third-order valence-electron chi connectivity index (χ3n) is 5.65. The lowest BCUT2D eigenvalue weighted by Gasteiger charge is -2.33. The highest BCUT2D eigenvalue weighted by Crippen LogP contribution is 2.51. The van der Waals surface area contributed by atoms with Crippen LogP contribution >= 0.6 is 0 Å². The van der Waals surface area contributed by atoms with Crippen molar-refractivity contribution < 1.29 is 8.85 Å². The van der Waals surface area contributed by atoms with Gasteiger partial charge in [-0.15, -0.1) is 0 Å². The molecule has 4 heteroatoms. The highest BCUT2D eigenvalue weighted by atomic mass is 28.4. The molecule has 4 atom stereocenters. The van der Waals surface area contributed by atoms with Crippen molar-refractivity contribution in [3.63, 3.8) is 0 Å². The third-order valence-corrected chi connectivity index (χ3v) is 11.8. The van der Waals surface area contributed by atoms with Gasteiger partial charge in [0.25, 0.3) is 0 Å². The minimum absolute atomic E-state index is 0.250. The van der Waals surface area contributed by atoms with E-state index in [-0.39, 0.29) is 5.60 Å². The summed E-state index contributed by atoms with van der Waals surface area (Å²) in [6, 6.07) is 12.1. The van der Waals surface area contributed by atoms with Gasteiger partial charge < -0.3 is 8.85 Å². The first-order chi connectivity index (χ1) is 10.4. The van der Waals surface area contributed by atoms with E-state index in [0.717, 1.165) is 11.8 Å². The zero-order valence-electron chi connectivity index (χ0n) is 14.5. The number of ether oxygens (including phenoxy) is 1. The Morgan fingerprint density at radius 2 is 2.09 bits per heavy atom. The van der Waals surface area contributed by atoms with Gasteiger partial charge in [-0.25, -0.2) is 0 Å². The summed E-state index contributed by atoms with van der Waals surface area (Å²) in [6.07, 6.45) is 4.43. The zero-order chi connectivity index (χ0) is 15.8. The highest BCUT2D eigenvalue weighted by Gasteiger charge is 2.55. The van der Waals surface area contributed by atoms with Gasteiger partial charge >= 0.3 is 0 Å². The fraction of sp³-hybridized carbons (Fsp3) is 0.667. The van der Waals surface area contributed by atoms with Crippen LogP contribution in [0.5, 0.6) is 0 Å². The van der Waals surface area contributed by atoms with Crippen LogP contribution in [0.4, 0.5) is 0 Å². The van der Waals surface area contributed by atoms with Gasteiger partial charge in [0.1, 0.15) is 0 Å². The number of hydrogen-bond donors (Lipinski definition) is 0. The number of rotatable bonds is 6. The van der Waals surface area contributed by atoms with E-state index in [1.54, 1.807) is 0 Å². The summed E-state index contributed by atoms with van der Waals surface area (Å²) in [5.74, 6) is 1.62. The first kappa shape index (κ1) is 16.4. The van der Waals surface area contributed by atoms with Crippen molar-refractivity contribution in [1.29, 1.82) is 0 Å². The first-order valence-electron chi connectivity index (χ1n) is 8.74. The molecule has 0 bridgehead atoms. The van der Waals surface area contributed by atoms with Crippen LogP contribution in [0.1, 0.15) is 33.1 Å². The fourth-order valence-electron chi connectivity index (χ4n) is 4.04. The van der Waals surface area contributed by atoms with Crippen LogP contribution in [0, 0.1) is 11.8 Å². The number of benzene rings is 1. The van der Waals surface area contributed by atoms with Gasteiger partial charge in [-0.05, 0) is 62.3 Å². The smallest absolute Gasteiger partial charge is 0.178 e. The predicted octanol–water partition coefficient (Wildman–Crippen LogP) is 3.21. The van der Waals surface area contributed by atoms with Gasteiger partial charge in [-0.1, -0.05) is 37.3 Å². The normalized spacial score (nSPS) is 32.9. The van der Waals surface area contributed by atoms with E-state index in [0.29, 0.717) is 6.10 Å². The summed E-state index contributed by atoms with van der Waals surface area (Å²) >= 11 is 0. The second-order valence-electron chi connectivity index (χ2n) is 8.17. The summed E-state index contributed by atoms with van der Waals surface area (Å²) in [6.45, 7) is 9.53. The number of epoxide rings is 1. The molecule has 2 nitrogen and oxygen atoms in total. The van der Waals surface area contributed by atoms with Crippen LogP contribution in [0.3, 0.4) is 0 Å². The summed E-state index contributed by atoms with van der Waals surface area (Å²) < 4.78 is 12.3. The number of fused-ring (bicyclic) bond motifs is 1. The van der Waals surface area contributed by atoms with Crippen LogP contribution < -0.4 is 5.19 Å². The van der Waals surface area contributed by atoms with E-state index < -0.39 is 18.1 Å². The van der Waals surface area contributed by atoms with E-state index >= 15 is 0 Å². The molecule has 0 radical (unpaired) electrons. The van der Waals surface area contributed by atoms with Crippen LogP contribution in [0.15, 0.2) is 30.3 Å². The Morgan fingerprint density at radius 1 is 1.36 bits per heavy atom. The van der Waals surface area contributed by atoms with Crippen molar-refractivity contribution in [2.24, 2.45) is 11.8 Å². The van der Waals surface area contributed by atoms with Gasteiger partial charge in [0.2, 0.25) is 0 Å². The molecule has 1 aromatic rings. The third kappa shape index (κ3) is 3.91. The standard InChI is InChI=1S/C18H30O2Si2/c1-14(15-10-11-18(2)17(12-15)19-18)13-22(3,4)20-21-16-8-6-5-7-9-16/h5-9,14-15,17H,10-13,21H2,1-4H3. The van der Waals surface area contributed by atoms with E-state index in [4.69, 9.17) is 8.85 Å². The maximum Gasteiger partial charge on any atom is 0.178 e. The lowest BCUT2D eigenvalue weighted by Crippen LogP contribution is -2.39. The zero-order valence-corrected chi connectivity index (χ0v) is 16.9. The Labute approximate surface area is 138 Å². The summed E-state index contributed by atoms with van der Waals surface area (Å²) in [5, 5.41) is 1.43. The van der Waals surface area contributed by atoms with Gasteiger partial charge in [0.05, 0.1) is 11.7 Å². The van der Waals surface area contributed by atoms with Crippen LogP contribution in [-0.2, 0) is 8.85 Å². The van der Waals surface area contributed by atoms with Crippen molar-refractivity contribution >= 4 is 23.3 Å². The minimum Gasteiger partial charge on any atom is -0.457 e.